The van der Waals surface area contributed by atoms with Gasteiger partial charge in [0, 0.05) is 21.0 Å². The molecule has 2 unspecified atom stereocenters. The second-order valence-corrected chi connectivity index (χ2v) is 5.89. The van der Waals surface area contributed by atoms with Crippen molar-refractivity contribution in [3.63, 3.8) is 0 Å². The van der Waals surface area contributed by atoms with Gasteiger partial charge in [-0.15, -0.1) is 0 Å². The molecule has 0 saturated carbocycles. The number of benzene rings is 1. The Hall–Kier alpha value is -1.10. The predicted molar refractivity (Wildman–Crippen MR) is 77.4 cm³/mol. The zero-order valence-corrected chi connectivity index (χ0v) is 12.7. The third-order valence-corrected chi connectivity index (χ3v) is 4.19. The number of hydrogen-bond donors (Lipinski definition) is 1. The number of esters is 1. The molecule has 2 N–H and O–H groups in total. The maximum absolute atomic E-state index is 12.3. The first-order valence-electron chi connectivity index (χ1n) is 6.26. The molecule has 1 aromatic rings. The molecule has 108 valence electrons. The number of ether oxygens (including phenoxy) is 1. The van der Waals surface area contributed by atoms with Crippen LogP contribution >= 0.6 is 23.2 Å². The summed E-state index contributed by atoms with van der Waals surface area (Å²) in [5.41, 5.74) is 6.11. The number of Topliss-reactive ketones (excluding diaryl/α,β-unsaturated/α-hetero) is 1. The quantitative estimate of drug-likeness (QED) is 0.871. The van der Waals surface area contributed by atoms with Crippen molar-refractivity contribution in [2.75, 3.05) is 6.61 Å². The lowest BCUT2D eigenvalue weighted by Crippen LogP contribution is -2.44. The molecule has 0 heterocycles. The van der Waals surface area contributed by atoms with Gasteiger partial charge in [-0.05, 0) is 24.6 Å². The molecule has 20 heavy (non-hydrogen) atoms. The van der Waals surface area contributed by atoms with Crippen molar-refractivity contribution in [1.82, 2.24) is 0 Å². The van der Waals surface area contributed by atoms with Crippen LogP contribution in [-0.2, 0) is 14.9 Å². The van der Waals surface area contributed by atoms with Crippen LogP contribution in [0.25, 0.3) is 0 Å². The molecule has 2 atom stereocenters. The van der Waals surface area contributed by atoms with Crippen LogP contribution < -0.4 is 5.73 Å². The Labute approximate surface area is 127 Å². The van der Waals surface area contributed by atoms with Gasteiger partial charge >= 0.3 is 5.97 Å². The minimum atomic E-state index is -0.875. The van der Waals surface area contributed by atoms with E-state index in [1.54, 1.807) is 26.0 Å². The smallest absolute Gasteiger partial charge is 0.306 e. The van der Waals surface area contributed by atoms with E-state index >= 15 is 0 Å². The van der Waals surface area contributed by atoms with Crippen molar-refractivity contribution in [1.29, 1.82) is 0 Å². The summed E-state index contributed by atoms with van der Waals surface area (Å²) in [7, 11) is 0. The predicted octanol–water partition coefficient (Wildman–Crippen LogP) is 2.73. The fraction of sp³-hybridized carbons (Fsp3) is 0.429. The lowest BCUT2D eigenvalue weighted by atomic mass is 9.78. The molecule has 6 heteroatoms. The van der Waals surface area contributed by atoms with Crippen LogP contribution in [-0.4, -0.2) is 24.4 Å². The van der Waals surface area contributed by atoms with E-state index in [1.807, 2.05) is 0 Å². The molecular formula is C14H15Cl2NO3. The third-order valence-electron chi connectivity index (χ3n) is 3.68. The average molecular weight is 316 g/mol. The molecule has 0 fully saturated rings. The maximum Gasteiger partial charge on any atom is 0.306 e. The third kappa shape index (κ3) is 2.32. The fourth-order valence-electron chi connectivity index (χ4n) is 2.67. The van der Waals surface area contributed by atoms with Crippen LogP contribution in [0.5, 0.6) is 0 Å². The van der Waals surface area contributed by atoms with Crippen LogP contribution in [0.3, 0.4) is 0 Å². The van der Waals surface area contributed by atoms with E-state index in [0.29, 0.717) is 21.2 Å². The van der Waals surface area contributed by atoms with Gasteiger partial charge in [0.05, 0.1) is 19.1 Å². The standard InChI is InChI=1S/C14H15Cl2NO3/c1-3-20-10(18)6-14(2)11-8(12(19)13(14)17)4-7(15)5-9(11)16/h4-5,13H,3,6,17H2,1-2H3. The van der Waals surface area contributed by atoms with Crippen molar-refractivity contribution >= 4 is 35.0 Å². The van der Waals surface area contributed by atoms with Crippen molar-refractivity contribution in [3.8, 4) is 0 Å². The topological polar surface area (TPSA) is 69.4 Å². The van der Waals surface area contributed by atoms with Gasteiger partial charge in [0.1, 0.15) is 0 Å². The molecule has 0 amide bonds. The highest BCUT2D eigenvalue weighted by atomic mass is 35.5. The lowest BCUT2D eigenvalue weighted by molar-refractivity contribution is -0.144. The number of fused-ring (bicyclic) bond motifs is 1. The van der Waals surface area contributed by atoms with Crippen LogP contribution in [0.1, 0.15) is 36.2 Å². The first-order chi connectivity index (χ1) is 9.31. The highest BCUT2D eigenvalue weighted by molar-refractivity contribution is 6.36. The Morgan fingerprint density at radius 3 is 2.70 bits per heavy atom. The fourth-order valence-corrected chi connectivity index (χ4v) is 3.38. The monoisotopic (exact) mass is 315 g/mol. The number of rotatable bonds is 3. The summed E-state index contributed by atoms with van der Waals surface area (Å²) >= 11 is 12.1. The lowest BCUT2D eigenvalue weighted by Gasteiger charge is -2.28. The van der Waals surface area contributed by atoms with Gasteiger partial charge in [-0.25, -0.2) is 0 Å². The zero-order valence-electron chi connectivity index (χ0n) is 11.2. The first-order valence-corrected chi connectivity index (χ1v) is 7.01. The number of hydrogen-bond acceptors (Lipinski definition) is 4. The molecule has 1 aliphatic carbocycles. The van der Waals surface area contributed by atoms with Crippen molar-refractivity contribution in [3.05, 3.63) is 33.3 Å². The van der Waals surface area contributed by atoms with Gasteiger partial charge in [0.15, 0.2) is 5.78 Å². The largest absolute Gasteiger partial charge is 0.466 e. The number of ketones is 1. The molecule has 0 aromatic heterocycles. The minimum Gasteiger partial charge on any atom is -0.466 e. The molecule has 0 saturated heterocycles. The Kier molecular flexibility index (Phi) is 4.09. The maximum atomic E-state index is 12.3. The first kappa shape index (κ1) is 15.3. The summed E-state index contributed by atoms with van der Waals surface area (Å²) in [5, 5.41) is 0.718. The summed E-state index contributed by atoms with van der Waals surface area (Å²) in [5.74, 6) is -0.659. The van der Waals surface area contributed by atoms with E-state index < -0.39 is 17.4 Å². The molecule has 0 spiro atoms. The van der Waals surface area contributed by atoms with E-state index in [4.69, 9.17) is 33.7 Å². The molecule has 0 radical (unpaired) electrons. The molecule has 0 aliphatic heterocycles. The van der Waals surface area contributed by atoms with Crippen molar-refractivity contribution < 1.29 is 14.3 Å². The Balaban J connectivity index is 2.52. The minimum absolute atomic E-state index is 0.00208. The number of carbonyl (C=O) groups is 2. The van der Waals surface area contributed by atoms with Gasteiger partial charge in [-0.1, -0.05) is 30.1 Å². The molecule has 2 rings (SSSR count). The number of halogens is 2. The normalized spacial score (nSPS) is 24.6. The van der Waals surface area contributed by atoms with Crippen molar-refractivity contribution in [2.24, 2.45) is 5.73 Å². The SMILES string of the molecule is CCOC(=O)CC1(C)c2c(Cl)cc(Cl)cc2C(=O)C1N. The number of nitrogens with two attached hydrogens (primary N) is 1. The van der Waals surface area contributed by atoms with Gasteiger partial charge in [-0.3, -0.25) is 9.59 Å². The highest BCUT2D eigenvalue weighted by Crippen LogP contribution is 2.45. The molecular weight excluding hydrogens is 301 g/mol. The second-order valence-electron chi connectivity index (χ2n) is 5.05. The van der Waals surface area contributed by atoms with Gasteiger partial charge in [0.25, 0.3) is 0 Å². The van der Waals surface area contributed by atoms with E-state index in [9.17, 15) is 9.59 Å². The van der Waals surface area contributed by atoms with Crippen LogP contribution in [0.15, 0.2) is 12.1 Å². The molecule has 4 nitrogen and oxygen atoms in total. The van der Waals surface area contributed by atoms with Crippen LogP contribution in [0, 0.1) is 0 Å². The van der Waals surface area contributed by atoms with E-state index in [0.717, 1.165) is 0 Å². The molecule has 1 aromatic carbocycles. The Morgan fingerprint density at radius 2 is 2.10 bits per heavy atom. The van der Waals surface area contributed by atoms with Gasteiger partial charge in [0.2, 0.25) is 0 Å². The van der Waals surface area contributed by atoms with E-state index in [1.165, 1.54) is 0 Å². The Bertz CT molecular complexity index is 588. The van der Waals surface area contributed by atoms with Gasteiger partial charge < -0.3 is 10.5 Å². The molecule has 0 bridgehead atoms. The summed E-state index contributed by atoms with van der Waals surface area (Å²) < 4.78 is 4.96. The van der Waals surface area contributed by atoms with E-state index in [2.05, 4.69) is 0 Å². The van der Waals surface area contributed by atoms with Crippen LogP contribution in [0.4, 0.5) is 0 Å². The van der Waals surface area contributed by atoms with Gasteiger partial charge in [-0.2, -0.15) is 0 Å². The zero-order chi connectivity index (χ0) is 15.1. The van der Waals surface area contributed by atoms with Crippen molar-refractivity contribution in [2.45, 2.75) is 31.7 Å². The average Bonchev–Trinajstić information content (AvgIpc) is 2.52. The van der Waals surface area contributed by atoms with E-state index in [-0.39, 0.29) is 18.8 Å². The number of carbonyl (C=O) groups excluding carboxylic acids is 2. The summed E-state index contributed by atoms with van der Waals surface area (Å²) in [4.78, 5) is 24.0. The highest BCUT2D eigenvalue weighted by Gasteiger charge is 2.49. The Morgan fingerprint density at radius 1 is 1.45 bits per heavy atom. The molecule has 1 aliphatic rings. The summed E-state index contributed by atoms with van der Waals surface area (Å²) in [6, 6.07) is 2.26. The summed E-state index contributed by atoms with van der Waals surface area (Å²) in [6.45, 7) is 3.75. The van der Waals surface area contributed by atoms with Crippen LogP contribution in [0.2, 0.25) is 10.0 Å². The summed E-state index contributed by atoms with van der Waals surface area (Å²) in [6.07, 6.45) is 0.00208. The second kappa shape index (κ2) is 5.35.